The Kier molecular flexibility index (Phi) is 11.9. The van der Waals surface area contributed by atoms with Gasteiger partial charge in [0.2, 0.25) is 0 Å². The van der Waals surface area contributed by atoms with Gasteiger partial charge in [-0.2, -0.15) is 0 Å². The highest BCUT2D eigenvalue weighted by Gasteiger charge is 2.04. The van der Waals surface area contributed by atoms with Crippen molar-refractivity contribution in [2.24, 2.45) is 5.73 Å². The van der Waals surface area contributed by atoms with Crippen LogP contribution in [-0.4, -0.2) is 32.5 Å². The summed E-state index contributed by atoms with van der Waals surface area (Å²) < 4.78 is 11.0. The summed E-state index contributed by atoms with van der Waals surface area (Å²) in [5.41, 5.74) is 5.56. The fourth-order valence-corrected chi connectivity index (χ4v) is 1.45. The minimum Gasteiger partial charge on any atom is -0.381 e. The molecule has 0 aromatic carbocycles. The van der Waals surface area contributed by atoms with Crippen LogP contribution in [0, 0.1) is 0 Å². The first-order chi connectivity index (χ1) is 7.35. The molecule has 92 valence electrons. The molecule has 0 fully saturated rings. The molecule has 0 aliphatic rings. The minimum atomic E-state index is 0.172. The first kappa shape index (κ1) is 14.9. The normalized spacial score (nSPS) is 13.0. The van der Waals surface area contributed by atoms with Gasteiger partial charge in [0.15, 0.2) is 0 Å². The summed E-state index contributed by atoms with van der Waals surface area (Å²) in [6.45, 7) is 7.19. The van der Waals surface area contributed by atoms with Crippen molar-refractivity contribution < 1.29 is 9.47 Å². The molecule has 0 radical (unpaired) electrons. The van der Waals surface area contributed by atoms with Crippen LogP contribution >= 0.6 is 0 Å². The van der Waals surface area contributed by atoms with Crippen molar-refractivity contribution in [1.82, 2.24) is 0 Å². The Balaban J connectivity index is 3.14. The molecule has 3 nitrogen and oxygen atoms in total. The zero-order valence-electron chi connectivity index (χ0n) is 10.3. The molecule has 3 heteroatoms. The van der Waals surface area contributed by atoms with Gasteiger partial charge in [0, 0.05) is 26.4 Å². The number of ether oxygens (including phenoxy) is 2. The molecule has 1 atom stereocenters. The van der Waals surface area contributed by atoms with Gasteiger partial charge in [-0.15, -0.1) is 0 Å². The van der Waals surface area contributed by atoms with Gasteiger partial charge in [0.05, 0.1) is 6.10 Å². The monoisotopic (exact) mass is 217 g/mol. The molecule has 0 aliphatic carbocycles. The third-order valence-corrected chi connectivity index (χ3v) is 2.39. The maximum absolute atomic E-state index is 5.56. The molecule has 2 N–H and O–H groups in total. The van der Waals surface area contributed by atoms with Crippen molar-refractivity contribution in [3.05, 3.63) is 0 Å². The van der Waals surface area contributed by atoms with Gasteiger partial charge < -0.3 is 15.2 Å². The number of hydrogen-bond acceptors (Lipinski definition) is 3. The van der Waals surface area contributed by atoms with E-state index in [9.17, 15) is 0 Å². The number of rotatable bonds is 11. The van der Waals surface area contributed by atoms with E-state index in [1.54, 1.807) is 0 Å². The standard InChI is InChI=1S/C12H27NO2/c1-3-5-6-7-9-14-10-8-12(11-13)15-4-2/h12H,3-11,13H2,1-2H3. The van der Waals surface area contributed by atoms with Crippen LogP contribution in [0.1, 0.15) is 46.0 Å². The third-order valence-electron chi connectivity index (χ3n) is 2.39. The maximum Gasteiger partial charge on any atom is 0.0719 e. The van der Waals surface area contributed by atoms with Gasteiger partial charge in [-0.25, -0.2) is 0 Å². The number of unbranched alkanes of at least 4 members (excludes halogenated alkanes) is 3. The summed E-state index contributed by atoms with van der Waals surface area (Å²) in [5.74, 6) is 0. The summed E-state index contributed by atoms with van der Waals surface area (Å²) in [6.07, 6.45) is 6.13. The third kappa shape index (κ3) is 10.2. The van der Waals surface area contributed by atoms with Gasteiger partial charge in [0.25, 0.3) is 0 Å². The second kappa shape index (κ2) is 12.0. The van der Waals surface area contributed by atoms with Gasteiger partial charge in [-0.1, -0.05) is 26.2 Å². The van der Waals surface area contributed by atoms with Crippen molar-refractivity contribution in [2.45, 2.75) is 52.1 Å². The van der Waals surface area contributed by atoms with Crippen LogP contribution in [0.15, 0.2) is 0 Å². The van der Waals surface area contributed by atoms with E-state index in [1.807, 2.05) is 6.92 Å². The van der Waals surface area contributed by atoms with Crippen molar-refractivity contribution in [2.75, 3.05) is 26.4 Å². The van der Waals surface area contributed by atoms with Crippen LogP contribution in [0.4, 0.5) is 0 Å². The Bertz CT molecular complexity index is 120. The van der Waals surface area contributed by atoms with E-state index in [4.69, 9.17) is 15.2 Å². The molecular formula is C12H27NO2. The average molecular weight is 217 g/mol. The van der Waals surface area contributed by atoms with Crippen LogP contribution < -0.4 is 5.73 Å². The number of hydrogen-bond donors (Lipinski definition) is 1. The first-order valence-corrected chi connectivity index (χ1v) is 6.24. The Hall–Kier alpha value is -0.120. The lowest BCUT2D eigenvalue weighted by atomic mass is 10.2. The van der Waals surface area contributed by atoms with Gasteiger partial charge in [0.1, 0.15) is 0 Å². The predicted octanol–water partition coefficient (Wildman–Crippen LogP) is 2.34. The molecule has 0 saturated heterocycles. The molecular weight excluding hydrogens is 190 g/mol. The van der Waals surface area contributed by atoms with Crippen LogP contribution in [0.2, 0.25) is 0 Å². The summed E-state index contributed by atoms with van der Waals surface area (Å²) in [4.78, 5) is 0. The molecule has 15 heavy (non-hydrogen) atoms. The van der Waals surface area contributed by atoms with E-state index >= 15 is 0 Å². The maximum atomic E-state index is 5.56. The fraction of sp³-hybridized carbons (Fsp3) is 1.00. The van der Waals surface area contributed by atoms with E-state index in [2.05, 4.69) is 6.92 Å². The Morgan fingerprint density at radius 3 is 2.47 bits per heavy atom. The largest absolute Gasteiger partial charge is 0.381 e. The molecule has 0 aromatic rings. The van der Waals surface area contributed by atoms with E-state index in [0.29, 0.717) is 6.54 Å². The van der Waals surface area contributed by atoms with Gasteiger partial charge in [-0.05, 0) is 19.8 Å². The Labute approximate surface area is 94.3 Å². The summed E-state index contributed by atoms with van der Waals surface area (Å²) >= 11 is 0. The predicted molar refractivity (Wildman–Crippen MR) is 64.0 cm³/mol. The Morgan fingerprint density at radius 1 is 1.07 bits per heavy atom. The van der Waals surface area contributed by atoms with Crippen molar-refractivity contribution >= 4 is 0 Å². The SMILES string of the molecule is CCCCCCOCCC(CN)OCC. The molecule has 0 rings (SSSR count). The lowest BCUT2D eigenvalue weighted by Crippen LogP contribution is -2.25. The molecule has 0 bridgehead atoms. The summed E-state index contributed by atoms with van der Waals surface area (Å²) in [5, 5.41) is 0. The van der Waals surface area contributed by atoms with Crippen molar-refractivity contribution in [3.8, 4) is 0 Å². The number of nitrogens with two attached hydrogens (primary N) is 1. The average Bonchev–Trinajstić information content (AvgIpc) is 2.26. The second-order valence-electron chi connectivity index (χ2n) is 3.77. The highest BCUT2D eigenvalue weighted by atomic mass is 16.5. The molecule has 0 aromatic heterocycles. The molecule has 1 unspecified atom stereocenters. The zero-order chi connectivity index (χ0) is 11.4. The second-order valence-corrected chi connectivity index (χ2v) is 3.77. The molecule has 0 heterocycles. The molecule has 0 spiro atoms. The van der Waals surface area contributed by atoms with Crippen molar-refractivity contribution in [1.29, 1.82) is 0 Å². The summed E-state index contributed by atoms with van der Waals surface area (Å²) in [6, 6.07) is 0. The molecule has 0 aliphatic heterocycles. The summed E-state index contributed by atoms with van der Waals surface area (Å²) in [7, 11) is 0. The van der Waals surface area contributed by atoms with Crippen LogP contribution in [0.25, 0.3) is 0 Å². The zero-order valence-corrected chi connectivity index (χ0v) is 10.3. The lowest BCUT2D eigenvalue weighted by Gasteiger charge is -2.14. The van der Waals surface area contributed by atoms with Gasteiger partial charge in [-0.3, -0.25) is 0 Å². The minimum absolute atomic E-state index is 0.172. The fourth-order valence-electron chi connectivity index (χ4n) is 1.45. The smallest absolute Gasteiger partial charge is 0.0719 e. The topological polar surface area (TPSA) is 44.5 Å². The van der Waals surface area contributed by atoms with Crippen LogP contribution in [0.3, 0.4) is 0 Å². The Morgan fingerprint density at radius 2 is 1.87 bits per heavy atom. The van der Waals surface area contributed by atoms with Crippen molar-refractivity contribution in [3.63, 3.8) is 0 Å². The van der Waals surface area contributed by atoms with E-state index < -0.39 is 0 Å². The van der Waals surface area contributed by atoms with Gasteiger partial charge >= 0.3 is 0 Å². The van der Waals surface area contributed by atoms with E-state index in [-0.39, 0.29) is 6.10 Å². The lowest BCUT2D eigenvalue weighted by molar-refractivity contribution is 0.0320. The van der Waals surface area contributed by atoms with Crippen LogP contribution in [-0.2, 0) is 9.47 Å². The van der Waals surface area contributed by atoms with Crippen LogP contribution in [0.5, 0.6) is 0 Å². The highest BCUT2D eigenvalue weighted by molar-refractivity contribution is 4.57. The van der Waals surface area contributed by atoms with E-state index in [1.165, 1.54) is 25.7 Å². The quantitative estimate of drug-likeness (QED) is 0.540. The first-order valence-electron chi connectivity index (χ1n) is 6.24. The highest BCUT2D eigenvalue weighted by Crippen LogP contribution is 2.01. The van der Waals surface area contributed by atoms with E-state index in [0.717, 1.165) is 26.2 Å². The molecule has 0 amide bonds. The molecule has 0 saturated carbocycles.